The maximum absolute atomic E-state index is 12.3. The monoisotopic (exact) mass is 290 g/mol. The number of nitrogens with one attached hydrogen (secondary N) is 1. The Labute approximate surface area is 127 Å². The maximum Gasteiger partial charge on any atom is 0.226 e. The van der Waals surface area contributed by atoms with Crippen molar-refractivity contribution in [2.24, 2.45) is 11.3 Å². The zero-order valence-electron chi connectivity index (χ0n) is 13.0. The quantitative estimate of drug-likeness (QED) is 0.846. The summed E-state index contributed by atoms with van der Waals surface area (Å²) < 4.78 is 0. The van der Waals surface area contributed by atoms with Crippen LogP contribution in [-0.2, 0) is 9.59 Å². The van der Waals surface area contributed by atoms with Crippen LogP contribution < -0.4 is 5.32 Å². The fourth-order valence-electron chi connectivity index (χ4n) is 3.71. The first kappa shape index (κ1) is 14.6. The van der Waals surface area contributed by atoms with Crippen LogP contribution in [-0.4, -0.2) is 29.8 Å². The molecule has 0 radical (unpaired) electrons. The van der Waals surface area contributed by atoms with E-state index in [4.69, 9.17) is 0 Å². The normalized spacial score (nSPS) is 28.9. The summed E-state index contributed by atoms with van der Waals surface area (Å²) in [4.78, 5) is 26.0. The molecule has 1 saturated heterocycles. The van der Waals surface area contributed by atoms with E-state index < -0.39 is 0 Å². The van der Waals surface area contributed by atoms with Gasteiger partial charge in [-0.15, -0.1) is 0 Å². The number of carbonyl (C=O) groups excluding carboxylic acids is 2. The standard InChI is InChI=1S/C17H26N2O2/c1-2-15(20)18-12-17-9-4-3-5-14(17)19(11-13-6-7-13)16(21)8-10-17/h5,13H,2-4,6-12H2,1H3,(H,18,20). The van der Waals surface area contributed by atoms with Crippen LogP contribution in [0.15, 0.2) is 11.8 Å². The van der Waals surface area contributed by atoms with Crippen molar-refractivity contribution >= 4 is 11.8 Å². The van der Waals surface area contributed by atoms with Gasteiger partial charge in [-0.25, -0.2) is 0 Å². The van der Waals surface area contributed by atoms with E-state index in [0.717, 1.165) is 32.2 Å². The van der Waals surface area contributed by atoms with Gasteiger partial charge in [0.15, 0.2) is 0 Å². The van der Waals surface area contributed by atoms with Crippen LogP contribution in [0.3, 0.4) is 0 Å². The number of hydrogen-bond acceptors (Lipinski definition) is 2. The minimum atomic E-state index is 0.00583. The Kier molecular flexibility index (Phi) is 4.05. The molecule has 0 aromatic heterocycles. The maximum atomic E-state index is 12.3. The molecule has 1 heterocycles. The number of likely N-dealkylation sites (tertiary alicyclic amines) is 1. The van der Waals surface area contributed by atoms with Crippen LogP contribution in [0.2, 0.25) is 0 Å². The third-order valence-electron chi connectivity index (χ3n) is 5.23. The Balaban J connectivity index is 1.79. The van der Waals surface area contributed by atoms with Gasteiger partial charge < -0.3 is 10.2 Å². The third kappa shape index (κ3) is 2.99. The molecule has 21 heavy (non-hydrogen) atoms. The zero-order valence-corrected chi connectivity index (χ0v) is 13.0. The number of fused-ring (bicyclic) bond motifs is 1. The van der Waals surface area contributed by atoms with Crippen LogP contribution in [0.4, 0.5) is 0 Å². The van der Waals surface area contributed by atoms with Gasteiger partial charge in [0, 0.05) is 37.0 Å². The summed E-state index contributed by atoms with van der Waals surface area (Å²) in [6.45, 7) is 3.47. The highest BCUT2D eigenvalue weighted by Gasteiger charge is 2.45. The number of allylic oxidation sites excluding steroid dienone is 1. The van der Waals surface area contributed by atoms with Crippen molar-refractivity contribution in [3.63, 3.8) is 0 Å². The highest BCUT2D eigenvalue weighted by molar-refractivity contribution is 5.80. The number of amides is 2. The lowest BCUT2D eigenvalue weighted by Crippen LogP contribution is -2.51. The molecule has 0 aromatic carbocycles. The molecule has 2 amide bonds. The van der Waals surface area contributed by atoms with Gasteiger partial charge in [0.2, 0.25) is 11.8 Å². The van der Waals surface area contributed by atoms with E-state index in [2.05, 4.69) is 16.3 Å². The molecule has 1 unspecified atom stereocenters. The summed E-state index contributed by atoms with van der Waals surface area (Å²) in [5, 5.41) is 3.08. The average molecular weight is 290 g/mol. The molecule has 3 rings (SSSR count). The molecule has 0 spiro atoms. The Hall–Kier alpha value is -1.32. The fraction of sp³-hybridized carbons (Fsp3) is 0.765. The van der Waals surface area contributed by atoms with Gasteiger partial charge in [0.05, 0.1) is 0 Å². The van der Waals surface area contributed by atoms with Crippen molar-refractivity contribution in [3.8, 4) is 0 Å². The first-order valence-corrected chi connectivity index (χ1v) is 8.42. The lowest BCUT2D eigenvalue weighted by Gasteiger charge is -2.47. The average Bonchev–Trinajstić information content (AvgIpc) is 3.32. The number of piperidine rings is 1. The first-order valence-electron chi connectivity index (χ1n) is 8.42. The van der Waals surface area contributed by atoms with Crippen molar-refractivity contribution in [1.29, 1.82) is 0 Å². The van der Waals surface area contributed by atoms with Gasteiger partial charge in [-0.2, -0.15) is 0 Å². The molecule has 0 aromatic rings. The molecule has 1 atom stereocenters. The van der Waals surface area contributed by atoms with Crippen LogP contribution >= 0.6 is 0 Å². The van der Waals surface area contributed by atoms with E-state index in [1.54, 1.807) is 0 Å². The molecule has 0 bridgehead atoms. The van der Waals surface area contributed by atoms with Gasteiger partial charge in [-0.3, -0.25) is 9.59 Å². The zero-order chi connectivity index (χ0) is 14.9. The predicted molar refractivity (Wildman–Crippen MR) is 81.3 cm³/mol. The van der Waals surface area contributed by atoms with Gasteiger partial charge in [0.1, 0.15) is 0 Å². The van der Waals surface area contributed by atoms with E-state index in [1.165, 1.54) is 18.5 Å². The Morgan fingerprint density at radius 1 is 1.43 bits per heavy atom. The minimum Gasteiger partial charge on any atom is -0.355 e. The predicted octanol–water partition coefficient (Wildman–Crippen LogP) is 2.60. The van der Waals surface area contributed by atoms with Gasteiger partial charge in [-0.1, -0.05) is 13.0 Å². The number of rotatable bonds is 5. The summed E-state index contributed by atoms with van der Waals surface area (Å²) in [7, 11) is 0. The molecule has 4 heteroatoms. The molecule has 2 aliphatic carbocycles. The largest absolute Gasteiger partial charge is 0.355 e. The fourth-order valence-corrected chi connectivity index (χ4v) is 3.71. The molecule has 116 valence electrons. The second-order valence-corrected chi connectivity index (χ2v) is 6.84. The van der Waals surface area contributed by atoms with Crippen LogP contribution in [0.5, 0.6) is 0 Å². The first-order chi connectivity index (χ1) is 10.1. The highest BCUT2D eigenvalue weighted by atomic mass is 16.2. The second-order valence-electron chi connectivity index (χ2n) is 6.84. The summed E-state index contributed by atoms with van der Waals surface area (Å²) in [6.07, 6.45) is 10.2. The SMILES string of the molecule is CCC(=O)NCC12CCCC=C1N(CC1CC1)C(=O)CC2. The molecule has 4 nitrogen and oxygen atoms in total. The van der Waals surface area contributed by atoms with E-state index >= 15 is 0 Å². The van der Waals surface area contributed by atoms with Crippen molar-refractivity contribution < 1.29 is 9.59 Å². The number of carbonyl (C=O) groups is 2. The Morgan fingerprint density at radius 2 is 2.24 bits per heavy atom. The van der Waals surface area contributed by atoms with Crippen molar-refractivity contribution in [3.05, 3.63) is 11.8 Å². The molecule has 2 fully saturated rings. The van der Waals surface area contributed by atoms with E-state index in [-0.39, 0.29) is 17.2 Å². The second kappa shape index (κ2) is 5.82. The summed E-state index contributed by atoms with van der Waals surface area (Å²) in [6, 6.07) is 0. The number of nitrogens with zero attached hydrogens (tertiary/aromatic N) is 1. The lowest BCUT2D eigenvalue weighted by atomic mass is 9.69. The smallest absolute Gasteiger partial charge is 0.226 e. The highest BCUT2D eigenvalue weighted by Crippen LogP contribution is 2.47. The third-order valence-corrected chi connectivity index (χ3v) is 5.23. The molecule has 1 saturated carbocycles. The summed E-state index contributed by atoms with van der Waals surface area (Å²) >= 11 is 0. The molecule has 1 aliphatic heterocycles. The van der Waals surface area contributed by atoms with Crippen molar-refractivity contribution in [2.45, 2.75) is 58.3 Å². The topological polar surface area (TPSA) is 49.4 Å². The molecule has 1 N–H and O–H groups in total. The lowest BCUT2D eigenvalue weighted by molar-refractivity contribution is -0.134. The molecular weight excluding hydrogens is 264 g/mol. The molecular formula is C17H26N2O2. The summed E-state index contributed by atoms with van der Waals surface area (Å²) in [5.41, 5.74) is 1.22. The van der Waals surface area contributed by atoms with E-state index in [9.17, 15) is 9.59 Å². The van der Waals surface area contributed by atoms with Gasteiger partial charge >= 0.3 is 0 Å². The van der Waals surface area contributed by atoms with E-state index in [1.807, 2.05) is 6.92 Å². The van der Waals surface area contributed by atoms with Gasteiger partial charge in [-0.05, 0) is 44.4 Å². The van der Waals surface area contributed by atoms with Gasteiger partial charge in [0.25, 0.3) is 0 Å². The summed E-state index contributed by atoms with van der Waals surface area (Å²) in [5.74, 6) is 1.10. The van der Waals surface area contributed by atoms with Crippen LogP contribution in [0.1, 0.15) is 58.3 Å². The van der Waals surface area contributed by atoms with Crippen LogP contribution in [0, 0.1) is 11.3 Å². The van der Waals surface area contributed by atoms with Crippen LogP contribution in [0.25, 0.3) is 0 Å². The Bertz CT molecular complexity index is 467. The van der Waals surface area contributed by atoms with Crippen molar-refractivity contribution in [2.75, 3.05) is 13.1 Å². The van der Waals surface area contributed by atoms with Crippen molar-refractivity contribution in [1.82, 2.24) is 10.2 Å². The Morgan fingerprint density at radius 3 is 2.95 bits per heavy atom. The van der Waals surface area contributed by atoms with E-state index in [0.29, 0.717) is 25.3 Å². The minimum absolute atomic E-state index is 0.00583. The molecule has 3 aliphatic rings. The number of hydrogen-bond donors (Lipinski definition) is 1.